The number of amides is 1. The number of furan rings is 1. The molecule has 2 heterocycles. The van der Waals surface area contributed by atoms with Gasteiger partial charge in [-0.25, -0.2) is 4.68 Å². The molecule has 1 aromatic carbocycles. The lowest BCUT2D eigenvalue weighted by Gasteiger charge is -2.04. The summed E-state index contributed by atoms with van der Waals surface area (Å²) in [7, 11) is 1.57. The van der Waals surface area contributed by atoms with Gasteiger partial charge in [0.25, 0.3) is 5.91 Å². The van der Waals surface area contributed by atoms with Crippen molar-refractivity contribution < 1.29 is 18.7 Å². The van der Waals surface area contributed by atoms with E-state index in [0.29, 0.717) is 29.0 Å². The minimum atomic E-state index is -0.366. The average molecular weight is 362 g/mol. The summed E-state index contributed by atoms with van der Waals surface area (Å²) >= 11 is 5.82. The van der Waals surface area contributed by atoms with Gasteiger partial charge in [-0.3, -0.25) is 4.79 Å². The van der Waals surface area contributed by atoms with Gasteiger partial charge in [0.1, 0.15) is 24.8 Å². The SMILES string of the molecule is COCn1cc(NC(=O)c2ccc(COc3ccc(Cl)cc3)o2)cn1. The number of carbonyl (C=O) groups excluding carboxylic acids is 1. The van der Waals surface area contributed by atoms with Crippen LogP contribution in [0.4, 0.5) is 5.69 Å². The Morgan fingerprint density at radius 3 is 2.84 bits per heavy atom. The number of nitrogens with one attached hydrogen (secondary N) is 1. The van der Waals surface area contributed by atoms with Crippen LogP contribution in [0.25, 0.3) is 0 Å². The number of methoxy groups -OCH3 is 1. The molecular formula is C17H16ClN3O4. The highest BCUT2D eigenvalue weighted by atomic mass is 35.5. The molecule has 0 aliphatic heterocycles. The smallest absolute Gasteiger partial charge is 0.291 e. The zero-order chi connectivity index (χ0) is 17.6. The van der Waals surface area contributed by atoms with Crippen LogP contribution >= 0.6 is 11.6 Å². The van der Waals surface area contributed by atoms with E-state index >= 15 is 0 Å². The predicted octanol–water partition coefficient (Wildman–Crippen LogP) is 3.56. The highest BCUT2D eigenvalue weighted by Gasteiger charge is 2.13. The van der Waals surface area contributed by atoms with Gasteiger partial charge in [-0.15, -0.1) is 0 Å². The fourth-order valence-corrected chi connectivity index (χ4v) is 2.21. The van der Waals surface area contributed by atoms with E-state index in [1.165, 1.54) is 6.20 Å². The molecular weight excluding hydrogens is 346 g/mol. The van der Waals surface area contributed by atoms with E-state index in [0.717, 1.165) is 0 Å². The molecule has 8 heteroatoms. The van der Waals surface area contributed by atoms with Crippen LogP contribution in [-0.2, 0) is 18.1 Å². The second-order valence-electron chi connectivity index (χ2n) is 5.15. The van der Waals surface area contributed by atoms with Crippen LogP contribution in [0, 0.1) is 0 Å². The zero-order valence-electron chi connectivity index (χ0n) is 13.4. The summed E-state index contributed by atoms with van der Waals surface area (Å²) in [4.78, 5) is 12.2. The van der Waals surface area contributed by atoms with Gasteiger partial charge < -0.3 is 19.2 Å². The van der Waals surface area contributed by atoms with Crippen molar-refractivity contribution in [3.63, 3.8) is 0 Å². The number of benzene rings is 1. The lowest BCUT2D eigenvalue weighted by atomic mass is 10.3. The summed E-state index contributed by atoms with van der Waals surface area (Å²) in [5.41, 5.74) is 0.553. The maximum atomic E-state index is 12.2. The molecule has 0 bridgehead atoms. The second-order valence-corrected chi connectivity index (χ2v) is 5.59. The first-order valence-electron chi connectivity index (χ1n) is 7.44. The predicted molar refractivity (Wildman–Crippen MR) is 91.7 cm³/mol. The topological polar surface area (TPSA) is 78.5 Å². The molecule has 2 aromatic heterocycles. The number of ether oxygens (including phenoxy) is 2. The van der Waals surface area contributed by atoms with Crippen molar-refractivity contribution in [1.82, 2.24) is 9.78 Å². The molecule has 0 fully saturated rings. The van der Waals surface area contributed by atoms with Crippen molar-refractivity contribution in [3.8, 4) is 5.75 Å². The Kier molecular flexibility index (Phi) is 5.37. The monoisotopic (exact) mass is 361 g/mol. The minimum absolute atomic E-state index is 0.189. The van der Waals surface area contributed by atoms with Crippen LogP contribution < -0.4 is 10.1 Å². The first kappa shape index (κ1) is 17.1. The van der Waals surface area contributed by atoms with E-state index < -0.39 is 0 Å². The number of rotatable bonds is 7. The van der Waals surface area contributed by atoms with Gasteiger partial charge in [-0.2, -0.15) is 5.10 Å². The zero-order valence-corrected chi connectivity index (χ0v) is 14.2. The second kappa shape index (κ2) is 7.87. The Balaban J connectivity index is 1.56. The number of hydrogen-bond donors (Lipinski definition) is 1. The van der Waals surface area contributed by atoms with Crippen LogP contribution in [0.1, 0.15) is 16.3 Å². The molecule has 0 unspecified atom stereocenters. The van der Waals surface area contributed by atoms with E-state index in [1.54, 1.807) is 54.4 Å². The number of aromatic nitrogens is 2. The molecule has 3 aromatic rings. The summed E-state index contributed by atoms with van der Waals surface area (Å²) in [6.45, 7) is 0.517. The normalized spacial score (nSPS) is 10.6. The molecule has 25 heavy (non-hydrogen) atoms. The van der Waals surface area contributed by atoms with Crippen molar-refractivity contribution in [2.75, 3.05) is 12.4 Å². The maximum absolute atomic E-state index is 12.2. The Labute approximate surface area is 149 Å². The van der Waals surface area contributed by atoms with Crippen molar-refractivity contribution in [2.45, 2.75) is 13.3 Å². The third kappa shape index (κ3) is 4.62. The fraction of sp³-hybridized carbons (Fsp3) is 0.176. The summed E-state index contributed by atoms with van der Waals surface area (Å²) < 4.78 is 17.6. The Morgan fingerprint density at radius 1 is 1.28 bits per heavy atom. The maximum Gasteiger partial charge on any atom is 0.291 e. The van der Waals surface area contributed by atoms with Gasteiger partial charge in [-0.1, -0.05) is 11.6 Å². The average Bonchev–Trinajstić information content (AvgIpc) is 3.24. The summed E-state index contributed by atoms with van der Waals surface area (Å²) in [6, 6.07) is 10.3. The Hall–Kier alpha value is -2.77. The number of halogens is 1. The van der Waals surface area contributed by atoms with Crippen LogP contribution in [0.3, 0.4) is 0 Å². The minimum Gasteiger partial charge on any atom is -0.486 e. The van der Waals surface area contributed by atoms with Crippen molar-refractivity contribution in [2.24, 2.45) is 0 Å². The van der Waals surface area contributed by atoms with Gasteiger partial charge >= 0.3 is 0 Å². The van der Waals surface area contributed by atoms with Gasteiger partial charge in [0, 0.05) is 12.1 Å². The summed E-state index contributed by atoms with van der Waals surface area (Å²) in [5, 5.41) is 7.38. The number of anilines is 1. The number of hydrogen-bond acceptors (Lipinski definition) is 5. The first-order chi connectivity index (χ1) is 12.1. The molecule has 7 nitrogen and oxygen atoms in total. The van der Waals surface area contributed by atoms with E-state index in [1.807, 2.05) is 0 Å². The molecule has 0 saturated carbocycles. The highest BCUT2D eigenvalue weighted by molar-refractivity contribution is 6.30. The first-order valence-corrected chi connectivity index (χ1v) is 7.81. The third-order valence-corrected chi connectivity index (χ3v) is 3.48. The third-order valence-electron chi connectivity index (χ3n) is 3.23. The molecule has 0 atom stereocenters. The molecule has 0 aliphatic rings. The molecule has 130 valence electrons. The quantitative estimate of drug-likeness (QED) is 0.696. The standard InChI is InChI=1S/C17H16ClN3O4/c1-23-11-21-9-13(8-19-21)20-17(22)16-7-6-15(25-16)10-24-14-4-2-12(18)3-5-14/h2-9H,10-11H2,1H3,(H,20,22). The molecule has 0 radical (unpaired) electrons. The Morgan fingerprint density at radius 2 is 2.08 bits per heavy atom. The van der Waals surface area contributed by atoms with Crippen LogP contribution in [-0.4, -0.2) is 22.8 Å². The van der Waals surface area contributed by atoms with Gasteiger partial charge in [0.05, 0.1) is 18.1 Å². The van der Waals surface area contributed by atoms with Crippen LogP contribution in [0.15, 0.2) is 53.2 Å². The molecule has 1 amide bonds. The van der Waals surface area contributed by atoms with Crippen molar-refractivity contribution >= 4 is 23.2 Å². The van der Waals surface area contributed by atoms with Crippen LogP contribution in [0.5, 0.6) is 5.75 Å². The van der Waals surface area contributed by atoms with Crippen molar-refractivity contribution in [1.29, 1.82) is 0 Å². The van der Waals surface area contributed by atoms with E-state index in [9.17, 15) is 4.79 Å². The summed E-state index contributed by atoms with van der Waals surface area (Å²) in [5.74, 6) is 1.02. The highest BCUT2D eigenvalue weighted by Crippen LogP contribution is 2.18. The van der Waals surface area contributed by atoms with Crippen molar-refractivity contribution in [3.05, 3.63) is 65.3 Å². The number of carbonyl (C=O) groups is 1. The molecule has 0 spiro atoms. The molecule has 3 rings (SSSR count). The Bertz CT molecular complexity index is 842. The number of nitrogens with zero attached hydrogens (tertiary/aromatic N) is 2. The lowest BCUT2D eigenvalue weighted by Crippen LogP contribution is -2.10. The molecule has 0 aliphatic carbocycles. The van der Waals surface area contributed by atoms with Crippen LogP contribution in [0.2, 0.25) is 5.02 Å². The molecule has 1 N–H and O–H groups in total. The van der Waals surface area contributed by atoms with E-state index in [-0.39, 0.29) is 18.3 Å². The lowest BCUT2D eigenvalue weighted by molar-refractivity contribution is 0.0992. The van der Waals surface area contributed by atoms with E-state index in [2.05, 4.69) is 10.4 Å². The van der Waals surface area contributed by atoms with Gasteiger partial charge in [0.2, 0.25) is 0 Å². The molecule has 0 saturated heterocycles. The fourth-order valence-electron chi connectivity index (χ4n) is 2.09. The van der Waals surface area contributed by atoms with E-state index in [4.69, 9.17) is 25.5 Å². The van der Waals surface area contributed by atoms with Gasteiger partial charge in [-0.05, 0) is 36.4 Å². The summed E-state index contributed by atoms with van der Waals surface area (Å²) in [6.07, 6.45) is 3.19. The largest absolute Gasteiger partial charge is 0.486 e. The van der Waals surface area contributed by atoms with Gasteiger partial charge in [0.15, 0.2) is 5.76 Å².